The number of para-hydroxylation sites is 1. The molecule has 3 heteroatoms. The van der Waals surface area contributed by atoms with Crippen LogP contribution in [0.25, 0.3) is 0 Å². The second-order valence-corrected chi connectivity index (χ2v) is 5.47. The van der Waals surface area contributed by atoms with E-state index in [4.69, 9.17) is 5.73 Å². The quantitative estimate of drug-likeness (QED) is 0.904. The molecule has 1 atom stereocenters. The van der Waals surface area contributed by atoms with Gasteiger partial charge in [-0.25, -0.2) is 4.98 Å². The molecule has 3 nitrogen and oxygen atoms in total. The summed E-state index contributed by atoms with van der Waals surface area (Å²) in [5, 5.41) is 0. The lowest BCUT2D eigenvalue weighted by atomic mass is 10.1. The van der Waals surface area contributed by atoms with Gasteiger partial charge in [-0.15, -0.1) is 0 Å². The summed E-state index contributed by atoms with van der Waals surface area (Å²) >= 11 is 0. The summed E-state index contributed by atoms with van der Waals surface area (Å²) in [5.74, 6) is 1.01. The van der Waals surface area contributed by atoms with Crippen LogP contribution in [0, 0.1) is 0 Å². The summed E-state index contributed by atoms with van der Waals surface area (Å²) in [6.45, 7) is 3.03. The predicted octanol–water partition coefficient (Wildman–Crippen LogP) is 3.58. The van der Waals surface area contributed by atoms with Crippen molar-refractivity contribution in [2.75, 3.05) is 11.4 Å². The van der Waals surface area contributed by atoms with E-state index in [2.05, 4.69) is 40.2 Å². The van der Waals surface area contributed by atoms with Gasteiger partial charge in [0, 0.05) is 24.5 Å². The van der Waals surface area contributed by atoms with Gasteiger partial charge >= 0.3 is 0 Å². The molecule has 2 aromatic rings. The summed E-state index contributed by atoms with van der Waals surface area (Å²) in [4.78, 5) is 6.88. The summed E-state index contributed by atoms with van der Waals surface area (Å²) in [5.41, 5.74) is 9.83. The van der Waals surface area contributed by atoms with Crippen LogP contribution < -0.4 is 10.6 Å². The minimum Gasteiger partial charge on any atom is -0.326 e. The zero-order chi connectivity index (χ0) is 13.9. The van der Waals surface area contributed by atoms with Crippen LogP contribution >= 0.6 is 0 Å². The van der Waals surface area contributed by atoms with Crippen LogP contribution in [0.3, 0.4) is 0 Å². The summed E-state index contributed by atoms with van der Waals surface area (Å²) < 4.78 is 0. The van der Waals surface area contributed by atoms with Crippen LogP contribution in [0.1, 0.15) is 36.9 Å². The van der Waals surface area contributed by atoms with Gasteiger partial charge in [-0.05, 0) is 55.5 Å². The van der Waals surface area contributed by atoms with Crippen LogP contribution in [0.5, 0.6) is 0 Å². The zero-order valence-electron chi connectivity index (χ0n) is 11.9. The lowest BCUT2D eigenvalue weighted by Crippen LogP contribution is -2.19. The van der Waals surface area contributed by atoms with E-state index >= 15 is 0 Å². The Bertz CT molecular complexity index is 592. The average molecular weight is 267 g/mol. The molecule has 0 saturated carbocycles. The Morgan fingerprint density at radius 1 is 1.20 bits per heavy atom. The van der Waals surface area contributed by atoms with Gasteiger partial charge in [-0.1, -0.05) is 18.2 Å². The van der Waals surface area contributed by atoms with Crippen molar-refractivity contribution in [2.24, 2.45) is 5.73 Å². The first kappa shape index (κ1) is 13.1. The SMILES string of the molecule is CC(N)c1ccnc(N2CCCCc3ccccc32)c1. The number of aromatic nitrogens is 1. The third kappa shape index (κ3) is 2.54. The second kappa shape index (κ2) is 5.63. The van der Waals surface area contributed by atoms with Crippen molar-refractivity contribution in [3.05, 3.63) is 53.7 Å². The number of aryl methyl sites for hydroxylation is 1. The molecule has 0 fully saturated rings. The molecule has 0 radical (unpaired) electrons. The average Bonchev–Trinajstić information content (AvgIpc) is 2.69. The van der Waals surface area contributed by atoms with Gasteiger partial charge in [-0.3, -0.25) is 0 Å². The number of benzene rings is 1. The number of fused-ring (bicyclic) bond motifs is 1. The van der Waals surface area contributed by atoms with Crippen molar-refractivity contribution < 1.29 is 0 Å². The summed E-state index contributed by atoms with van der Waals surface area (Å²) in [7, 11) is 0. The molecule has 0 spiro atoms. The van der Waals surface area contributed by atoms with Crippen LogP contribution in [-0.2, 0) is 6.42 Å². The normalized spacial score (nSPS) is 16.4. The Morgan fingerprint density at radius 3 is 2.90 bits per heavy atom. The fraction of sp³-hybridized carbons (Fsp3) is 0.353. The third-order valence-corrected chi connectivity index (χ3v) is 3.93. The molecule has 2 N–H and O–H groups in total. The first-order valence-electron chi connectivity index (χ1n) is 7.32. The molecule has 1 aliphatic rings. The lowest BCUT2D eigenvalue weighted by Gasteiger charge is -2.24. The van der Waals surface area contributed by atoms with E-state index in [1.807, 2.05) is 19.2 Å². The summed E-state index contributed by atoms with van der Waals surface area (Å²) in [6, 6.07) is 12.8. The van der Waals surface area contributed by atoms with Crippen molar-refractivity contribution in [3.63, 3.8) is 0 Å². The van der Waals surface area contributed by atoms with E-state index < -0.39 is 0 Å². The molecule has 1 aromatic heterocycles. The van der Waals surface area contributed by atoms with Crippen LogP contribution in [0.15, 0.2) is 42.6 Å². The molecule has 0 aliphatic carbocycles. The minimum atomic E-state index is 0.0407. The predicted molar refractivity (Wildman–Crippen MR) is 83.2 cm³/mol. The molecule has 2 heterocycles. The molecule has 104 valence electrons. The molecule has 3 rings (SSSR count). The van der Waals surface area contributed by atoms with Gasteiger partial charge in [0.05, 0.1) is 0 Å². The fourth-order valence-electron chi connectivity index (χ4n) is 2.79. The Labute approximate surface area is 120 Å². The maximum atomic E-state index is 5.99. The minimum absolute atomic E-state index is 0.0407. The Kier molecular flexibility index (Phi) is 3.70. The molecule has 0 amide bonds. The number of nitrogens with zero attached hydrogens (tertiary/aromatic N) is 2. The van der Waals surface area contributed by atoms with Gasteiger partial charge in [-0.2, -0.15) is 0 Å². The maximum absolute atomic E-state index is 5.99. The number of hydrogen-bond donors (Lipinski definition) is 1. The highest BCUT2D eigenvalue weighted by Gasteiger charge is 2.17. The van der Waals surface area contributed by atoms with E-state index in [1.165, 1.54) is 24.1 Å². The Morgan fingerprint density at radius 2 is 2.05 bits per heavy atom. The molecule has 0 saturated heterocycles. The number of anilines is 2. The molecule has 1 aliphatic heterocycles. The topological polar surface area (TPSA) is 42.1 Å². The van der Waals surface area contributed by atoms with Gasteiger partial charge in [0.25, 0.3) is 0 Å². The number of hydrogen-bond acceptors (Lipinski definition) is 3. The number of nitrogens with two attached hydrogens (primary N) is 1. The zero-order valence-corrected chi connectivity index (χ0v) is 11.9. The van der Waals surface area contributed by atoms with Gasteiger partial charge in [0.2, 0.25) is 0 Å². The molecule has 0 bridgehead atoms. The third-order valence-electron chi connectivity index (χ3n) is 3.93. The van der Waals surface area contributed by atoms with Crippen molar-refractivity contribution in [2.45, 2.75) is 32.2 Å². The van der Waals surface area contributed by atoms with Crippen LogP contribution in [-0.4, -0.2) is 11.5 Å². The highest BCUT2D eigenvalue weighted by Crippen LogP contribution is 2.32. The van der Waals surface area contributed by atoms with E-state index in [0.717, 1.165) is 24.3 Å². The van der Waals surface area contributed by atoms with Gasteiger partial charge < -0.3 is 10.6 Å². The molecule has 1 aromatic carbocycles. The molecule has 20 heavy (non-hydrogen) atoms. The van der Waals surface area contributed by atoms with Gasteiger partial charge in [0.15, 0.2) is 0 Å². The number of rotatable bonds is 2. The summed E-state index contributed by atoms with van der Waals surface area (Å²) in [6.07, 6.45) is 5.44. The van der Waals surface area contributed by atoms with E-state index in [-0.39, 0.29) is 6.04 Å². The molecular weight excluding hydrogens is 246 g/mol. The van der Waals surface area contributed by atoms with Crippen LogP contribution in [0.2, 0.25) is 0 Å². The Hall–Kier alpha value is -1.87. The van der Waals surface area contributed by atoms with Crippen molar-refractivity contribution >= 4 is 11.5 Å². The highest BCUT2D eigenvalue weighted by molar-refractivity contribution is 5.64. The van der Waals surface area contributed by atoms with E-state index in [1.54, 1.807) is 0 Å². The fourth-order valence-corrected chi connectivity index (χ4v) is 2.79. The van der Waals surface area contributed by atoms with E-state index in [9.17, 15) is 0 Å². The standard InChI is InChI=1S/C17H21N3/c1-13(18)15-9-10-19-17(12-15)20-11-5-4-7-14-6-2-3-8-16(14)20/h2-3,6,8-10,12-13H,4-5,7,11,18H2,1H3. The second-order valence-electron chi connectivity index (χ2n) is 5.47. The monoisotopic (exact) mass is 267 g/mol. The van der Waals surface area contributed by atoms with Crippen molar-refractivity contribution in [3.8, 4) is 0 Å². The smallest absolute Gasteiger partial charge is 0.133 e. The van der Waals surface area contributed by atoms with Crippen molar-refractivity contribution in [1.29, 1.82) is 0 Å². The highest BCUT2D eigenvalue weighted by atomic mass is 15.2. The maximum Gasteiger partial charge on any atom is 0.133 e. The molecular formula is C17H21N3. The molecule has 1 unspecified atom stereocenters. The Balaban J connectivity index is 2.03. The lowest BCUT2D eigenvalue weighted by molar-refractivity contribution is 0.755. The first-order valence-corrected chi connectivity index (χ1v) is 7.32. The largest absolute Gasteiger partial charge is 0.326 e. The number of pyridine rings is 1. The van der Waals surface area contributed by atoms with Crippen molar-refractivity contribution in [1.82, 2.24) is 4.98 Å². The first-order chi connectivity index (χ1) is 9.75. The van der Waals surface area contributed by atoms with E-state index in [0.29, 0.717) is 0 Å². The van der Waals surface area contributed by atoms with Crippen LogP contribution in [0.4, 0.5) is 11.5 Å². The van der Waals surface area contributed by atoms with Gasteiger partial charge in [0.1, 0.15) is 5.82 Å².